The number of rotatable bonds is 2. The molecule has 2 aromatic heterocycles. The lowest BCUT2D eigenvalue weighted by atomic mass is 9.96. The number of amides is 1. The van der Waals surface area contributed by atoms with E-state index in [0.29, 0.717) is 4.83 Å². The highest BCUT2D eigenvalue weighted by molar-refractivity contribution is 7.90. The molecule has 0 spiro atoms. The van der Waals surface area contributed by atoms with Crippen LogP contribution in [0, 0.1) is 12.3 Å². The molecule has 0 atom stereocenters. The zero-order valence-corrected chi connectivity index (χ0v) is 14.3. The van der Waals surface area contributed by atoms with Crippen molar-refractivity contribution in [3.8, 4) is 0 Å². The maximum Gasteiger partial charge on any atom is 0.230 e. The third-order valence-corrected chi connectivity index (χ3v) is 4.98. The number of sulfone groups is 1. The standard InChI is InChI=1S/C14H18N2O3S2/c1-8-6-9-7-10(21(5,18)19)11(15-12(9)20-8)16-13(17)14(2,3)4/h6-7H,1-5H3,(H,15,16,17). The molecule has 0 saturated carbocycles. The van der Waals surface area contributed by atoms with Crippen molar-refractivity contribution in [3.63, 3.8) is 0 Å². The molecule has 2 heterocycles. The molecule has 21 heavy (non-hydrogen) atoms. The van der Waals surface area contributed by atoms with E-state index >= 15 is 0 Å². The molecule has 1 N–H and O–H groups in total. The van der Waals surface area contributed by atoms with E-state index in [1.54, 1.807) is 26.8 Å². The highest BCUT2D eigenvalue weighted by Crippen LogP contribution is 2.30. The molecule has 5 nitrogen and oxygen atoms in total. The van der Waals surface area contributed by atoms with Gasteiger partial charge in [0, 0.05) is 21.9 Å². The van der Waals surface area contributed by atoms with E-state index < -0.39 is 15.3 Å². The van der Waals surface area contributed by atoms with Gasteiger partial charge in [0.2, 0.25) is 5.91 Å². The smallest absolute Gasteiger partial charge is 0.230 e. The largest absolute Gasteiger partial charge is 0.309 e. The van der Waals surface area contributed by atoms with Crippen molar-refractivity contribution in [2.75, 3.05) is 11.6 Å². The number of nitrogens with zero attached hydrogens (tertiary/aromatic N) is 1. The zero-order chi connectivity index (χ0) is 16.0. The molecule has 0 radical (unpaired) electrons. The summed E-state index contributed by atoms with van der Waals surface area (Å²) in [5, 5.41) is 3.41. The molecule has 1 amide bonds. The Kier molecular flexibility index (Phi) is 3.84. The Morgan fingerprint density at radius 1 is 1.29 bits per heavy atom. The van der Waals surface area contributed by atoms with Gasteiger partial charge < -0.3 is 5.32 Å². The van der Waals surface area contributed by atoms with Gasteiger partial charge in [-0.25, -0.2) is 13.4 Å². The van der Waals surface area contributed by atoms with Gasteiger partial charge in [-0.2, -0.15) is 0 Å². The molecule has 2 rings (SSSR count). The van der Waals surface area contributed by atoms with Crippen LogP contribution in [-0.2, 0) is 14.6 Å². The average molecular weight is 326 g/mol. The SMILES string of the molecule is Cc1cc2cc(S(C)(=O)=O)c(NC(=O)C(C)(C)C)nc2s1. The van der Waals surface area contributed by atoms with Crippen LogP contribution in [0.2, 0.25) is 0 Å². The monoisotopic (exact) mass is 326 g/mol. The molecule has 0 bridgehead atoms. The predicted molar refractivity (Wildman–Crippen MR) is 85.6 cm³/mol. The average Bonchev–Trinajstić information content (AvgIpc) is 2.64. The van der Waals surface area contributed by atoms with E-state index in [-0.39, 0.29) is 16.6 Å². The van der Waals surface area contributed by atoms with E-state index in [1.165, 1.54) is 11.3 Å². The van der Waals surface area contributed by atoms with Crippen LogP contribution in [0.3, 0.4) is 0 Å². The minimum absolute atomic E-state index is 0.0467. The van der Waals surface area contributed by atoms with Crippen molar-refractivity contribution in [3.05, 3.63) is 17.0 Å². The lowest BCUT2D eigenvalue weighted by molar-refractivity contribution is -0.123. The summed E-state index contributed by atoms with van der Waals surface area (Å²) < 4.78 is 23.9. The fourth-order valence-electron chi connectivity index (χ4n) is 1.75. The van der Waals surface area contributed by atoms with E-state index in [2.05, 4.69) is 10.3 Å². The third-order valence-electron chi connectivity index (χ3n) is 2.91. The minimum atomic E-state index is -3.48. The second-order valence-corrected chi connectivity index (χ2v) is 9.28. The van der Waals surface area contributed by atoms with Crippen LogP contribution in [0.5, 0.6) is 0 Å². The number of nitrogens with one attached hydrogen (secondary N) is 1. The summed E-state index contributed by atoms with van der Waals surface area (Å²) in [6.45, 7) is 7.21. The maximum atomic E-state index is 12.1. The van der Waals surface area contributed by atoms with Gasteiger partial charge >= 0.3 is 0 Å². The van der Waals surface area contributed by atoms with Crippen LogP contribution in [0.4, 0.5) is 5.82 Å². The number of aromatic nitrogens is 1. The Morgan fingerprint density at radius 2 is 1.90 bits per heavy atom. The summed E-state index contributed by atoms with van der Waals surface area (Å²) in [6, 6.07) is 3.45. The molecule has 0 aromatic carbocycles. The molecular weight excluding hydrogens is 308 g/mol. The van der Waals surface area contributed by atoms with Crippen LogP contribution < -0.4 is 5.32 Å². The van der Waals surface area contributed by atoms with E-state index in [1.807, 2.05) is 13.0 Å². The number of hydrogen-bond donors (Lipinski definition) is 1. The predicted octanol–water partition coefficient (Wildman–Crippen LogP) is 2.99. The molecule has 0 unspecified atom stereocenters. The Labute approximate surface area is 128 Å². The quantitative estimate of drug-likeness (QED) is 0.920. The van der Waals surface area contributed by atoms with Crippen molar-refractivity contribution < 1.29 is 13.2 Å². The van der Waals surface area contributed by atoms with Crippen molar-refractivity contribution in [2.24, 2.45) is 5.41 Å². The first kappa shape index (κ1) is 15.9. The Hall–Kier alpha value is -1.47. The number of carbonyl (C=O) groups excluding carboxylic acids is 1. The lowest BCUT2D eigenvalue weighted by Gasteiger charge is -2.18. The summed E-state index contributed by atoms with van der Waals surface area (Å²) in [5.74, 6) is -0.167. The molecule has 114 valence electrons. The van der Waals surface area contributed by atoms with Gasteiger partial charge in [-0.05, 0) is 19.1 Å². The number of hydrogen-bond acceptors (Lipinski definition) is 5. The first-order valence-electron chi connectivity index (χ1n) is 6.41. The van der Waals surface area contributed by atoms with Crippen molar-refractivity contribution in [1.82, 2.24) is 4.98 Å². The van der Waals surface area contributed by atoms with Gasteiger partial charge in [-0.3, -0.25) is 4.79 Å². The van der Waals surface area contributed by atoms with Crippen molar-refractivity contribution in [1.29, 1.82) is 0 Å². The minimum Gasteiger partial charge on any atom is -0.309 e. The molecule has 0 fully saturated rings. The Bertz CT molecular complexity index is 815. The summed E-state index contributed by atoms with van der Waals surface area (Å²) in [7, 11) is -3.48. The number of carbonyl (C=O) groups is 1. The second kappa shape index (κ2) is 5.06. The van der Waals surface area contributed by atoms with Gasteiger partial charge in [-0.1, -0.05) is 20.8 Å². The topological polar surface area (TPSA) is 76.1 Å². The highest BCUT2D eigenvalue weighted by atomic mass is 32.2. The zero-order valence-electron chi connectivity index (χ0n) is 12.6. The summed E-state index contributed by atoms with van der Waals surface area (Å²) in [4.78, 5) is 18.2. The summed E-state index contributed by atoms with van der Waals surface area (Å²) >= 11 is 1.46. The van der Waals surface area contributed by atoms with E-state index in [4.69, 9.17) is 0 Å². The van der Waals surface area contributed by atoms with Gasteiger partial charge in [0.25, 0.3) is 0 Å². The van der Waals surface area contributed by atoms with Gasteiger partial charge in [0.15, 0.2) is 15.7 Å². The second-order valence-electron chi connectivity index (χ2n) is 6.06. The van der Waals surface area contributed by atoms with Crippen molar-refractivity contribution in [2.45, 2.75) is 32.6 Å². The molecule has 7 heteroatoms. The summed E-state index contributed by atoms with van der Waals surface area (Å²) in [5.41, 5.74) is -0.628. The van der Waals surface area contributed by atoms with Gasteiger partial charge in [0.1, 0.15) is 9.73 Å². The molecule has 0 aliphatic rings. The van der Waals surface area contributed by atoms with Crippen LogP contribution >= 0.6 is 11.3 Å². The Balaban J connectivity index is 2.62. The maximum absolute atomic E-state index is 12.1. The number of aryl methyl sites for hydroxylation is 1. The number of anilines is 1. The first-order chi connectivity index (χ1) is 9.48. The first-order valence-corrected chi connectivity index (χ1v) is 9.12. The van der Waals surface area contributed by atoms with E-state index in [0.717, 1.165) is 16.5 Å². The van der Waals surface area contributed by atoms with E-state index in [9.17, 15) is 13.2 Å². The molecule has 2 aromatic rings. The van der Waals surface area contributed by atoms with Crippen LogP contribution in [0.15, 0.2) is 17.0 Å². The molecule has 0 aliphatic carbocycles. The fraction of sp³-hybridized carbons (Fsp3) is 0.429. The molecule has 0 aliphatic heterocycles. The molecule has 0 saturated heterocycles. The number of thiophene rings is 1. The van der Waals surface area contributed by atoms with Gasteiger partial charge in [0.05, 0.1) is 0 Å². The lowest BCUT2D eigenvalue weighted by Crippen LogP contribution is -2.28. The number of pyridine rings is 1. The van der Waals surface area contributed by atoms with Crippen LogP contribution in [0.1, 0.15) is 25.6 Å². The fourth-order valence-corrected chi connectivity index (χ4v) is 3.40. The van der Waals surface area contributed by atoms with Crippen molar-refractivity contribution >= 4 is 43.1 Å². The third kappa shape index (κ3) is 3.41. The Morgan fingerprint density at radius 3 is 2.43 bits per heavy atom. The number of fused-ring (bicyclic) bond motifs is 1. The van der Waals surface area contributed by atoms with Gasteiger partial charge in [-0.15, -0.1) is 11.3 Å². The van der Waals surface area contributed by atoms with Crippen LogP contribution in [0.25, 0.3) is 10.2 Å². The highest BCUT2D eigenvalue weighted by Gasteiger charge is 2.25. The molecular formula is C14H18N2O3S2. The summed E-state index contributed by atoms with van der Waals surface area (Å²) in [6.07, 6.45) is 1.11. The van der Waals surface area contributed by atoms with Crippen LogP contribution in [-0.4, -0.2) is 25.6 Å². The normalized spacial score (nSPS) is 12.6.